The molecule has 1 N–H and O–H groups in total. The maximum Gasteiger partial charge on any atom is 0.190 e. The van der Waals surface area contributed by atoms with Crippen molar-refractivity contribution in [2.45, 2.75) is 19.0 Å². The molecular weight excluding hydrogens is 386 g/mol. The number of benzene rings is 3. The van der Waals surface area contributed by atoms with Gasteiger partial charge in [-0.15, -0.1) is 0 Å². The first-order valence-electron chi connectivity index (χ1n) is 9.20. The normalized spacial score (nSPS) is 16.0. The fourth-order valence-electron chi connectivity index (χ4n) is 3.30. The van der Waals surface area contributed by atoms with Crippen LogP contribution in [0, 0.1) is 0 Å². The van der Waals surface area contributed by atoms with Crippen LogP contribution in [0.15, 0.2) is 90.0 Å². The summed E-state index contributed by atoms with van der Waals surface area (Å²) in [6, 6.07) is 28.5. The van der Waals surface area contributed by atoms with Gasteiger partial charge >= 0.3 is 0 Å². The van der Waals surface area contributed by atoms with E-state index in [1.807, 2.05) is 65.7 Å². The quantitative estimate of drug-likeness (QED) is 0.575. The molecule has 1 aliphatic rings. The van der Waals surface area contributed by atoms with Crippen LogP contribution < -0.4 is 5.32 Å². The minimum absolute atomic E-state index is 0.0719. The van der Waals surface area contributed by atoms with Gasteiger partial charge in [-0.1, -0.05) is 84.4 Å². The van der Waals surface area contributed by atoms with Crippen LogP contribution >= 0.6 is 23.8 Å². The highest BCUT2D eigenvalue weighted by Gasteiger charge is 2.31. The Morgan fingerprint density at radius 1 is 0.964 bits per heavy atom. The molecule has 0 fully saturated rings. The monoisotopic (exact) mass is 405 g/mol. The molecule has 0 radical (unpaired) electrons. The van der Waals surface area contributed by atoms with Gasteiger partial charge in [0.2, 0.25) is 0 Å². The summed E-state index contributed by atoms with van der Waals surface area (Å²) in [5.41, 5.74) is 4.45. The number of thiocarbonyl (C=S) groups is 1. The van der Waals surface area contributed by atoms with Crippen LogP contribution in [0.4, 0.5) is 0 Å². The molecule has 0 saturated carbocycles. The van der Waals surface area contributed by atoms with E-state index in [1.165, 1.54) is 11.1 Å². The first-order chi connectivity index (χ1) is 13.7. The molecule has 0 spiro atoms. The van der Waals surface area contributed by atoms with Gasteiger partial charge in [0.15, 0.2) is 5.11 Å². The summed E-state index contributed by atoms with van der Waals surface area (Å²) >= 11 is 11.7. The zero-order chi connectivity index (χ0) is 19.3. The van der Waals surface area contributed by atoms with Crippen LogP contribution in [0.3, 0.4) is 0 Å². The Morgan fingerprint density at radius 3 is 2.29 bits per heavy atom. The van der Waals surface area contributed by atoms with Crippen LogP contribution in [0.1, 0.15) is 29.2 Å². The molecule has 0 aliphatic carbocycles. The van der Waals surface area contributed by atoms with E-state index in [2.05, 4.69) is 29.6 Å². The second kappa shape index (κ2) is 8.55. The van der Waals surface area contributed by atoms with Gasteiger partial charge in [-0.3, -0.25) is 0 Å². The zero-order valence-corrected chi connectivity index (χ0v) is 16.8. The summed E-state index contributed by atoms with van der Waals surface area (Å²) < 4.78 is 0. The molecule has 1 heterocycles. The first kappa shape index (κ1) is 18.7. The average molecular weight is 406 g/mol. The van der Waals surface area contributed by atoms with E-state index in [9.17, 15) is 0 Å². The van der Waals surface area contributed by atoms with E-state index in [0.717, 1.165) is 22.7 Å². The molecule has 4 rings (SSSR count). The molecule has 3 aromatic carbocycles. The molecule has 3 aromatic rings. The van der Waals surface area contributed by atoms with Crippen LogP contribution in [0.2, 0.25) is 5.02 Å². The molecule has 5 heteroatoms. The Morgan fingerprint density at radius 2 is 1.61 bits per heavy atom. The Balaban J connectivity index is 1.57. The second-order valence-corrected chi connectivity index (χ2v) is 7.50. The van der Waals surface area contributed by atoms with Crippen LogP contribution in [-0.4, -0.2) is 15.8 Å². The molecular formula is C23H20ClN3S. The number of nitrogens with one attached hydrogen (secondary N) is 1. The maximum atomic E-state index is 6.04. The maximum absolute atomic E-state index is 6.04. The number of nitrogens with zero attached hydrogens (tertiary/aromatic N) is 2. The van der Waals surface area contributed by atoms with Crippen molar-refractivity contribution in [2.75, 3.05) is 0 Å². The van der Waals surface area contributed by atoms with Crippen molar-refractivity contribution in [1.82, 2.24) is 10.3 Å². The van der Waals surface area contributed by atoms with Crippen molar-refractivity contribution in [3.05, 3.63) is 107 Å². The summed E-state index contributed by atoms with van der Waals surface area (Å²) in [4.78, 5) is 0. The lowest BCUT2D eigenvalue weighted by molar-refractivity contribution is 0.364. The molecule has 1 atom stereocenters. The van der Waals surface area contributed by atoms with Gasteiger partial charge in [-0.2, -0.15) is 5.10 Å². The van der Waals surface area contributed by atoms with E-state index in [4.69, 9.17) is 28.9 Å². The highest BCUT2D eigenvalue weighted by atomic mass is 35.5. The molecule has 0 unspecified atom stereocenters. The molecule has 0 bridgehead atoms. The third kappa shape index (κ3) is 4.24. The molecule has 0 saturated heterocycles. The van der Waals surface area contributed by atoms with Crippen molar-refractivity contribution in [2.24, 2.45) is 5.10 Å². The van der Waals surface area contributed by atoms with Crippen LogP contribution in [-0.2, 0) is 6.54 Å². The zero-order valence-electron chi connectivity index (χ0n) is 15.3. The molecule has 0 aromatic heterocycles. The van der Waals surface area contributed by atoms with Gasteiger partial charge in [0, 0.05) is 18.0 Å². The lowest BCUT2D eigenvalue weighted by Crippen LogP contribution is -2.36. The van der Waals surface area contributed by atoms with Crippen LogP contribution in [0.25, 0.3) is 0 Å². The van der Waals surface area contributed by atoms with Crippen molar-refractivity contribution in [1.29, 1.82) is 0 Å². The predicted molar refractivity (Wildman–Crippen MR) is 120 cm³/mol. The largest absolute Gasteiger partial charge is 0.357 e. The van der Waals surface area contributed by atoms with Gasteiger partial charge in [0.1, 0.15) is 0 Å². The molecule has 28 heavy (non-hydrogen) atoms. The van der Waals surface area contributed by atoms with E-state index < -0.39 is 0 Å². The van der Waals surface area contributed by atoms with Crippen molar-refractivity contribution in [3.8, 4) is 0 Å². The van der Waals surface area contributed by atoms with Crippen molar-refractivity contribution in [3.63, 3.8) is 0 Å². The summed E-state index contributed by atoms with van der Waals surface area (Å²) in [5.74, 6) is 0. The fourth-order valence-corrected chi connectivity index (χ4v) is 3.67. The summed E-state index contributed by atoms with van der Waals surface area (Å²) in [6.07, 6.45) is 0.790. The van der Waals surface area contributed by atoms with Crippen LogP contribution in [0.5, 0.6) is 0 Å². The fraction of sp³-hybridized carbons (Fsp3) is 0.130. The Kier molecular flexibility index (Phi) is 5.70. The number of hydrogen-bond donors (Lipinski definition) is 1. The van der Waals surface area contributed by atoms with E-state index >= 15 is 0 Å². The third-order valence-corrected chi connectivity index (χ3v) is 5.35. The minimum atomic E-state index is 0.0719. The van der Waals surface area contributed by atoms with Gasteiger partial charge in [0.05, 0.1) is 11.8 Å². The van der Waals surface area contributed by atoms with E-state index in [1.54, 1.807) is 0 Å². The lowest BCUT2D eigenvalue weighted by atomic mass is 9.99. The van der Waals surface area contributed by atoms with E-state index in [0.29, 0.717) is 11.7 Å². The highest BCUT2D eigenvalue weighted by molar-refractivity contribution is 7.80. The summed E-state index contributed by atoms with van der Waals surface area (Å²) in [7, 11) is 0. The number of hydrogen-bond acceptors (Lipinski definition) is 2. The second-order valence-electron chi connectivity index (χ2n) is 6.67. The Hall–Kier alpha value is -2.69. The van der Waals surface area contributed by atoms with Gasteiger partial charge < -0.3 is 5.32 Å². The summed E-state index contributed by atoms with van der Waals surface area (Å²) in [6.45, 7) is 0.670. The van der Waals surface area contributed by atoms with Gasteiger partial charge in [-0.25, -0.2) is 5.01 Å². The molecule has 1 aliphatic heterocycles. The topological polar surface area (TPSA) is 27.6 Å². The van der Waals surface area contributed by atoms with E-state index in [-0.39, 0.29) is 6.04 Å². The summed E-state index contributed by atoms with van der Waals surface area (Å²) in [5, 5.41) is 11.5. The third-order valence-electron chi connectivity index (χ3n) is 4.77. The Labute approximate surface area is 175 Å². The first-order valence-corrected chi connectivity index (χ1v) is 9.99. The highest BCUT2D eigenvalue weighted by Crippen LogP contribution is 2.33. The molecule has 140 valence electrons. The number of halogens is 1. The lowest BCUT2D eigenvalue weighted by Gasteiger charge is -2.25. The minimum Gasteiger partial charge on any atom is -0.357 e. The van der Waals surface area contributed by atoms with Crippen molar-refractivity contribution >= 4 is 34.6 Å². The van der Waals surface area contributed by atoms with Gasteiger partial charge in [-0.05, 0) is 41.0 Å². The molecule has 3 nitrogen and oxygen atoms in total. The smallest absolute Gasteiger partial charge is 0.190 e. The molecule has 0 amide bonds. The van der Waals surface area contributed by atoms with Crippen molar-refractivity contribution < 1.29 is 0 Å². The number of hydrazone groups is 1. The number of rotatable bonds is 4. The standard InChI is InChI=1S/C23H20ClN3S/c24-20-13-11-18(12-14-20)21-15-22(19-9-5-2-6-10-19)27(26-21)23(28)25-16-17-7-3-1-4-8-17/h1-14,22H,15-16H2,(H,25,28)/t22-/m0/s1. The average Bonchev–Trinajstić information content (AvgIpc) is 3.19. The van der Waals surface area contributed by atoms with Gasteiger partial charge in [0.25, 0.3) is 0 Å². The SMILES string of the molecule is S=C(NCc1ccccc1)N1N=C(c2ccc(Cl)cc2)C[C@H]1c1ccccc1. The Bertz CT molecular complexity index is 972. The predicted octanol–water partition coefficient (Wildman–Crippen LogP) is 5.57.